The summed E-state index contributed by atoms with van der Waals surface area (Å²) in [6.45, 7) is 7.38. The van der Waals surface area contributed by atoms with E-state index in [4.69, 9.17) is 11.6 Å². The number of hydrogen-bond acceptors (Lipinski definition) is 2. The minimum Gasteiger partial charge on any atom is -0.311 e. The van der Waals surface area contributed by atoms with Crippen LogP contribution < -0.4 is 5.32 Å². The highest BCUT2D eigenvalue weighted by Gasteiger charge is 2.42. The molecule has 2 rings (SSSR count). The Morgan fingerprint density at radius 3 is 2.67 bits per heavy atom. The van der Waals surface area contributed by atoms with Crippen LogP contribution in [-0.4, -0.2) is 12.6 Å². The molecule has 1 saturated heterocycles. The predicted octanol–water partition coefficient (Wildman–Crippen LogP) is 3.58. The lowest BCUT2D eigenvalue weighted by atomic mass is 9.76. The highest BCUT2D eigenvalue weighted by atomic mass is 35.5. The van der Waals surface area contributed by atoms with Crippen molar-refractivity contribution < 1.29 is 0 Å². The summed E-state index contributed by atoms with van der Waals surface area (Å²) in [6.07, 6.45) is 0. The largest absolute Gasteiger partial charge is 0.311 e. The van der Waals surface area contributed by atoms with Gasteiger partial charge in [-0.05, 0) is 23.1 Å². The average molecular weight is 263 g/mol. The van der Waals surface area contributed by atoms with Crippen molar-refractivity contribution in [1.82, 2.24) is 5.32 Å². The van der Waals surface area contributed by atoms with Gasteiger partial charge in [0.05, 0.1) is 12.0 Å². The van der Waals surface area contributed by atoms with E-state index < -0.39 is 0 Å². The first-order valence-corrected chi connectivity index (χ1v) is 6.70. The SMILES string of the molecule is CC(C)(C)C1NCC(c2cccc(Cl)c2)C1C#N. The molecule has 1 aliphatic rings. The van der Waals surface area contributed by atoms with Gasteiger partial charge in [0, 0.05) is 23.5 Å². The van der Waals surface area contributed by atoms with E-state index in [9.17, 15) is 5.26 Å². The molecule has 96 valence electrons. The minimum absolute atomic E-state index is 0.00321. The molecule has 1 aromatic rings. The van der Waals surface area contributed by atoms with Crippen LogP contribution in [0.2, 0.25) is 5.02 Å². The number of nitriles is 1. The maximum atomic E-state index is 9.48. The Kier molecular flexibility index (Phi) is 3.66. The molecule has 3 unspecified atom stereocenters. The van der Waals surface area contributed by atoms with Crippen molar-refractivity contribution in [2.75, 3.05) is 6.54 Å². The molecule has 0 aliphatic carbocycles. The second-order valence-corrected chi connectivity index (χ2v) is 6.50. The van der Waals surface area contributed by atoms with Gasteiger partial charge in [0.25, 0.3) is 0 Å². The zero-order chi connectivity index (χ0) is 13.3. The van der Waals surface area contributed by atoms with Gasteiger partial charge in [-0.1, -0.05) is 44.5 Å². The molecule has 0 radical (unpaired) electrons. The Balaban J connectivity index is 2.29. The first-order chi connectivity index (χ1) is 8.43. The summed E-state index contributed by atoms with van der Waals surface area (Å²) in [5.74, 6) is 0.237. The molecule has 1 aromatic carbocycles. The Bertz CT molecular complexity index is 470. The van der Waals surface area contributed by atoms with Crippen molar-refractivity contribution in [3.63, 3.8) is 0 Å². The first kappa shape index (κ1) is 13.4. The van der Waals surface area contributed by atoms with Crippen molar-refractivity contribution >= 4 is 11.6 Å². The lowest BCUT2D eigenvalue weighted by molar-refractivity contribution is 0.262. The highest BCUT2D eigenvalue weighted by molar-refractivity contribution is 6.30. The van der Waals surface area contributed by atoms with Gasteiger partial charge in [0.15, 0.2) is 0 Å². The third kappa shape index (κ3) is 2.53. The molecule has 1 fully saturated rings. The summed E-state index contributed by atoms with van der Waals surface area (Å²) in [4.78, 5) is 0. The molecule has 0 saturated carbocycles. The van der Waals surface area contributed by atoms with Crippen LogP contribution in [-0.2, 0) is 0 Å². The number of nitrogens with one attached hydrogen (secondary N) is 1. The van der Waals surface area contributed by atoms with E-state index in [1.54, 1.807) is 0 Å². The molecule has 0 amide bonds. The van der Waals surface area contributed by atoms with Crippen molar-refractivity contribution in [1.29, 1.82) is 5.26 Å². The van der Waals surface area contributed by atoms with Gasteiger partial charge in [-0.25, -0.2) is 0 Å². The third-order valence-corrected chi connectivity index (χ3v) is 3.94. The second kappa shape index (κ2) is 4.91. The number of rotatable bonds is 1. The molecule has 0 spiro atoms. The molecule has 0 bridgehead atoms. The smallest absolute Gasteiger partial charge is 0.0702 e. The summed E-state index contributed by atoms with van der Waals surface area (Å²) >= 11 is 6.04. The van der Waals surface area contributed by atoms with E-state index in [1.165, 1.54) is 0 Å². The lowest BCUT2D eigenvalue weighted by Crippen LogP contribution is -2.39. The number of halogens is 1. The van der Waals surface area contributed by atoms with Gasteiger partial charge in [0.2, 0.25) is 0 Å². The normalized spacial score (nSPS) is 28.1. The van der Waals surface area contributed by atoms with Crippen molar-refractivity contribution in [3.05, 3.63) is 34.9 Å². The van der Waals surface area contributed by atoms with Crippen LogP contribution >= 0.6 is 11.6 Å². The topological polar surface area (TPSA) is 35.8 Å². The third-order valence-electron chi connectivity index (χ3n) is 3.71. The van der Waals surface area contributed by atoms with Crippen LogP contribution in [0.15, 0.2) is 24.3 Å². The van der Waals surface area contributed by atoms with E-state index in [2.05, 4.69) is 38.2 Å². The summed E-state index contributed by atoms with van der Waals surface area (Å²) in [5, 5.41) is 13.7. The van der Waals surface area contributed by atoms with E-state index >= 15 is 0 Å². The average Bonchev–Trinajstić information content (AvgIpc) is 2.72. The Labute approximate surface area is 114 Å². The van der Waals surface area contributed by atoms with Crippen LogP contribution in [0.25, 0.3) is 0 Å². The molecular weight excluding hydrogens is 244 g/mol. The number of benzene rings is 1. The molecule has 1 N–H and O–H groups in total. The van der Waals surface area contributed by atoms with Gasteiger partial charge in [0.1, 0.15) is 0 Å². The molecule has 3 atom stereocenters. The maximum Gasteiger partial charge on any atom is 0.0702 e. The monoisotopic (exact) mass is 262 g/mol. The zero-order valence-corrected chi connectivity index (χ0v) is 11.8. The van der Waals surface area contributed by atoms with Gasteiger partial charge in [-0.2, -0.15) is 5.26 Å². The van der Waals surface area contributed by atoms with E-state index in [0.717, 1.165) is 17.1 Å². The van der Waals surface area contributed by atoms with Crippen LogP contribution in [0.1, 0.15) is 32.3 Å². The Morgan fingerprint density at radius 2 is 2.11 bits per heavy atom. The molecule has 0 aromatic heterocycles. The predicted molar refractivity (Wildman–Crippen MR) is 74.5 cm³/mol. The van der Waals surface area contributed by atoms with E-state index in [0.29, 0.717) is 0 Å². The molecule has 3 heteroatoms. The Hall–Kier alpha value is -1.04. The van der Waals surface area contributed by atoms with Crippen LogP contribution in [0.5, 0.6) is 0 Å². The maximum absolute atomic E-state index is 9.48. The first-order valence-electron chi connectivity index (χ1n) is 6.32. The molecule has 2 nitrogen and oxygen atoms in total. The highest BCUT2D eigenvalue weighted by Crippen LogP contribution is 2.39. The summed E-state index contributed by atoms with van der Waals surface area (Å²) in [6, 6.07) is 10.6. The van der Waals surface area contributed by atoms with Gasteiger partial charge in [-0.3, -0.25) is 0 Å². The van der Waals surface area contributed by atoms with Crippen LogP contribution in [0.4, 0.5) is 0 Å². The van der Waals surface area contributed by atoms with Crippen LogP contribution in [0, 0.1) is 22.7 Å². The minimum atomic E-state index is 0.00321. The van der Waals surface area contributed by atoms with Gasteiger partial charge < -0.3 is 5.32 Å². The zero-order valence-electron chi connectivity index (χ0n) is 11.1. The lowest BCUT2D eigenvalue weighted by Gasteiger charge is -2.30. The van der Waals surface area contributed by atoms with Gasteiger partial charge in [-0.15, -0.1) is 0 Å². The van der Waals surface area contributed by atoms with Crippen molar-refractivity contribution in [2.45, 2.75) is 32.7 Å². The molecule has 1 heterocycles. The fourth-order valence-electron chi connectivity index (χ4n) is 2.81. The quantitative estimate of drug-likeness (QED) is 0.840. The molecule has 1 aliphatic heterocycles. The van der Waals surface area contributed by atoms with Gasteiger partial charge >= 0.3 is 0 Å². The van der Waals surface area contributed by atoms with Crippen molar-refractivity contribution in [3.8, 4) is 6.07 Å². The fourth-order valence-corrected chi connectivity index (χ4v) is 3.01. The molecule has 18 heavy (non-hydrogen) atoms. The summed E-state index contributed by atoms with van der Waals surface area (Å²) < 4.78 is 0. The summed E-state index contributed by atoms with van der Waals surface area (Å²) in [7, 11) is 0. The number of nitrogens with zero attached hydrogens (tertiary/aromatic N) is 1. The number of hydrogen-bond donors (Lipinski definition) is 1. The van der Waals surface area contributed by atoms with E-state index in [-0.39, 0.29) is 23.3 Å². The van der Waals surface area contributed by atoms with Crippen molar-refractivity contribution in [2.24, 2.45) is 11.3 Å². The van der Waals surface area contributed by atoms with Crippen LogP contribution in [0.3, 0.4) is 0 Å². The van der Waals surface area contributed by atoms with E-state index in [1.807, 2.05) is 18.2 Å². The Morgan fingerprint density at radius 1 is 1.39 bits per heavy atom. The standard InChI is InChI=1S/C15H19ClN2/c1-15(2,3)14-12(8-17)13(9-18-14)10-5-4-6-11(16)7-10/h4-7,12-14,18H,9H2,1-3H3. The summed E-state index contributed by atoms with van der Waals surface area (Å²) in [5.41, 5.74) is 1.25. The fraction of sp³-hybridized carbons (Fsp3) is 0.533. The second-order valence-electron chi connectivity index (χ2n) is 6.07. The molecular formula is C15H19ClN2.